The van der Waals surface area contributed by atoms with Crippen molar-refractivity contribution in [3.05, 3.63) is 12.2 Å². The molecule has 0 aromatic rings. The molecule has 0 radical (unpaired) electrons. The summed E-state index contributed by atoms with van der Waals surface area (Å²) < 4.78 is 5.45. The van der Waals surface area contributed by atoms with Gasteiger partial charge in [0.25, 0.3) is 0 Å². The summed E-state index contributed by atoms with van der Waals surface area (Å²) in [5.74, 6) is -0.336. The monoisotopic (exact) mass is 214 g/mol. The molecule has 0 aliphatic heterocycles. The third-order valence-electron chi connectivity index (χ3n) is 2.74. The molecule has 0 heterocycles. The SMILES string of the molecule is C=C(C)C(=O)OC(CC)(CC)CCCO. The molecule has 0 bridgehead atoms. The van der Waals surface area contributed by atoms with Crippen molar-refractivity contribution in [2.75, 3.05) is 6.61 Å². The zero-order chi connectivity index (χ0) is 11.9. The van der Waals surface area contributed by atoms with Gasteiger partial charge in [-0.15, -0.1) is 0 Å². The largest absolute Gasteiger partial charge is 0.456 e. The van der Waals surface area contributed by atoms with Crippen LogP contribution in [0.4, 0.5) is 0 Å². The normalized spacial score (nSPS) is 11.2. The Bertz CT molecular complexity index is 217. The van der Waals surface area contributed by atoms with Crippen LogP contribution >= 0.6 is 0 Å². The summed E-state index contributed by atoms with van der Waals surface area (Å²) in [7, 11) is 0. The molecule has 0 atom stereocenters. The van der Waals surface area contributed by atoms with Crippen molar-refractivity contribution in [2.45, 2.75) is 52.1 Å². The van der Waals surface area contributed by atoms with E-state index in [1.54, 1.807) is 6.92 Å². The first kappa shape index (κ1) is 14.2. The van der Waals surface area contributed by atoms with Crippen LogP contribution in [0.2, 0.25) is 0 Å². The number of carbonyl (C=O) groups excluding carboxylic acids is 1. The first-order valence-corrected chi connectivity index (χ1v) is 5.51. The molecule has 0 amide bonds. The van der Waals surface area contributed by atoms with Crippen LogP contribution in [0.25, 0.3) is 0 Å². The minimum Gasteiger partial charge on any atom is -0.456 e. The molecule has 0 rings (SSSR count). The van der Waals surface area contributed by atoms with E-state index in [0.29, 0.717) is 18.4 Å². The van der Waals surface area contributed by atoms with Crippen molar-refractivity contribution < 1.29 is 14.6 Å². The van der Waals surface area contributed by atoms with Crippen molar-refractivity contribution >= 4 is 5.97 Å². The predicted octanol–water partition coefficient (Wildman–Crippen LogP) is 2.44. The second kappa shape index (κ2) is 6.62. The average Bonchev–Trinajstić information content (AvgIpc) is 2.24. The van der Waals surface area contributed by atoms with Gasteiger partial charge in [0.1, 0.15) is 5.60 Å². The summed E-state index contributed by atoms with van der Waals surface area (Å²) in [5, 5.41) is 8.81. The fourth-order valence-electron chi connectivity index (χ4n) is 1.48. The van der Waals surface area contributed by atoms with Gasteiger partial charge in [-0.1, -0.05) is 20.4 Å². The Morgan fingerprint density at radius 2 is 1.93 bits per heavy atom. The number of hydrogen-bond donors (Lipinski definition) is 1. The van der Waals surface area contributed by atoms with E-state index in [0.717, 1.165) is 12.8 Å². The topological polar surface area (TPSA) is 46.5 Å². The Morgan fingerprint density at radius 3 is 2.27 bits per heavy atom. The quantitative estimate of drug-likeness (QED) is 0.523. The molecule has 88 valence electrons. The summed E-state index contributed by atoms with van der Waals surface area (Å²) in [5.41, 5.74) is -0.0102. The van der Waals surface area contributed by atoms with Crippen LogP contribution in [-0.4, -0.2) is 23.3 Å². The summed E-state index contributed by atoms with van der Waals surface area (Å²) in [6.45, 7) is 9.32. The molecule has 0 saturated heterocycles. The molecule has 15 heavy (non-hydrogen) atoms. The van der Waals surface area contributed by atoms with Gasteiger partial charge in [0, 0.05) is 12.2 Å². The number of carbonyl (C=O) groups is 1. The lowest BCUT2D eigenvalue weighted by Gasteiger charge is -2.31. The molecular formula is C12H22O3. The van der Waals surface area contributed by atoms with Gasteiger partial charge in [0.15, 0.2) is 0 Å². The van der Waals surface area contributed by atoms with E-state index in [9.17, 15) is 4.79 Å². The second-order valence-corrected chi connectivity index (χ2v) is 3.89. The summed E-state index contributed by atoms with van der Waals surface area (Å²) >= 11 is 0. The van der Waals surface area contributed by atoms with Crippen LogP contribution in [0, 0.1) is 0 Å². The standard InChI is InChI=1S/C12H22O3/c1-5-12(6-2,8-7-9-13)15-11(14)10(3)4/h13H,3,5-9H2,1-2,4H3. The summed E-state index contributed by atoms with van der Waals surface area (Å²) in [4.78, 5) is 11.5. The maximum Gasteiger partial charge on any atom is 0.333 e. The minimum absolute atomic E-state index is 0.131. The summed E-state index contributed by atoms with van der Waals surface area (Å²) in [6, 6.07) is 0. The number of aliphatic hydroxyl groups excluding tert-OH is 1. The van der Waals surface area contributed by atoms with Crippen LogP contribution in [0.3, 0.4) is 0 Å². The molecule has 0 aliphatic carbocycles. The first-order valence-electron chi connectivity index (χ1n) is 5.51. The molecule has 1 N–H and O–H groups in total. The highest BCUT2D eigenvalue weighted by atomic mass is 16.6. The van der Waals surface area contributed by atoms with E-state index in [1.807, 2.05) is 13.8 Å². The van der Waals surface area contributed by atoms with Gasteiger partial charge in [-0.2, -0.15) is 0 Å². The molecule has 3 heteroatoms. The fourth-order valence-corrected chi connectivity index (χ4v) is 1.48. The van der Waals surface area contributed by atoms with Crippen molar-refractivity contribution in [3.63, 3.8) is 0 Å². The van der Waals surface area contributed by atoms with Crippen molar-refractivity contribution in [3.8, 4) is 0 Å². The van der Waals surface area contributed by atoms with Crippen LogP contribution < -0.4 is 0 Å². The smallest absolute Gasteiger partial charge is 0.333 e. The lowest BCUT2D eigenvalue weighted by molar-refractivity contribution is -0.156. The lowest BCUT2D eigenvalue weighted by atomic mass is 9.91. The Balaban J connectivity index is 4.48. The lowest BCUT2D eigenvalue weighted by Crippen LogP contribution is -2.34. The zero-order valence-electron chi connectivity index (χ0n) is 10.0. The van der Waals surface area contributed by atoms with Gasteiger partial charge >= 0.3 is 5.97 Å². The average molecular weight is 214 g/mol. The number of rotatable bonds is 7. The van der Waals surface area contributed by atoms with Crippen molar-refractivity contribution in [1.82, 2.24) is 0 Å². The van der Waals surface area contributed by atoms with E-state index < -0.39 is 5.60 Å². The number of ether oxygens (including phenoxy) is 1. The van der Waals surface area contributed by atoms with Gasteiger partial charge in [-0.3, -0.25) is 0 Å². The summed E-state index contributed by atoms with van der Waals surface area (Å²) in [6.07, 6.45) is 2.89. The number of aliphatic hydroxyl groups is 1. The molecule has 0 aromatic carbocycles. The van der Waals surface area contributed by atoms with Gasteiger partial charge in [0.05, 0.1) is 0 Å². The highest BCUT2D eigenvalue weighted by molar-refractivity contribution is 5.87. The third-order valence-corrected chi connectivity index (χ3v) is 2.74. The maximum absolute atomic E-state index is 11.5. The van der Waals surface area contributed by atoms with Crippen molar-refractivity contribution in [2.24, 2.45) is 0 Å². The van der Waals surface area contributed by atoms with Crippen LogP contribution in [0.15, 0.2) is 12.2 Å². The van der Waals surface area contributed by atoms with Gasteiger partial charge in [-0.25, -0.2) is 4.79 Å². The van der Waals surface area contributed by atoms with E-state index >= 15 is 0 Å². The second-order valence-electron chi connectivity index (χ2n) is 3.89. The molecular weight excluding hydrogens is 192 g/mol. The van der Waals surface area contributed by atoms with Crippen LogP contribution in [-0.2, 0) is 9.53 Å². The molecule has 0 spiro atoms. The molecule has 3 nitrogen and oxygen atoms in total. The highest BCUT2D eigenvalue weighted by Gasteiger charge is 2.29. The predicted molar refractivity (Wildman–Crippen MR) is 60.5 cm³/mol. The minimum atomic E-state index is -0.432. The Hall–Kier alpha value is -0.830. The molecule has 0 aliphatic rings. The number of hydrogen-bond acceptors (Lipinski definition) is 3. The van der Waals surface area contributed by atoms with Crippen molar-refractivity contribution in [1.29, 1.82) is 0 Å². The molecule has 0 fully saturated rings. The molecule has 0 aromatic heterocycles. The van der Waals surface area contributed by atoms with Crippen LogP contribution in [0.1, 0.15) is 46.5 Å². The Kier molecular flexibility index (Phi) is 6.25. The first-order chi connectivity index (χ1) is 7.01. The number of esters is 1. The van der Waals surface area contributed by atoms with E-state index in [1.165, 1.54) is 0 Å². The van der Waals surface area contributed by atoms with Gasteiger partial charge in [0.2, 0.25) is 0 Å². The Labute approximate surface area is 92.1 Å². The highest BCUT2D eigenvalue weighted by Crippen LogP contribution is 2.27. The Morgan fingerprint density at radius 1 is 1.40 bits per heavy atom. The third kappa shape index (κ3) is 4.47. The van der Waals surface area contributed by atoms with E-state index in [-0.39, 0.29) is 12.6 Å². The zero-order valence-corrected chi connectivity index (χ0v) is 10.0. The fraction of sp³-hybridized carbons (Fsp3) is 0.750. The molecule has 0 unspecified atom stereocenters. The van der Waals surface area contributed by atoms with Crippen LogP contribution in [0.5, 0.6) is 0 Å². The molecule has 0 saturated carbocycles. The van der Waals surface area contributed by atoms with Gasteiger partial charge < -0.3 is 9.84 Å². The van der Waals surface area contributed by atoms with E-state index in [2.05, 4.69) is 6.58 Å². The maximum atomic E-state index is 11.5. The van der Waals surface area contributed by atoms with Gasteiger partial charge in [-0.05, 0) is 32.6 Å². The van der Waals surface area contributed by atoms with E-state index in [4.69, 9.17) is 9.84 Å².